The van der Waals surface area contributed by atoms with Crippen LogP contribution >= 0.6 is 0 Å². The van der Waals surface area contributed by atoms with Gasteiger partial charge in [-0.2, -0.15) is 5.10 Å². The van der Waals surface area contributed by atoms with E-state index in [9.17, 15) is 9.90 Å². The van der Waals surface area contributed by atoms with E-state index < -0.39 is 6.16 Å². The van der Waals surface area contributed by atoms with Gasteiger partial charge in [-0.1, -0.05) is 6.92 Å². The normalized spacial score (nSPS) is 9.19. The van der Waals surface area contributed by atoms with Gasteiger partial charge in [0.25, 0.3) is 5.56 Å². The molecular weight excluding hydrogens is 216 g/mol. The van der Waals surface area contributed by atoms with Gasteiger partial charge in [0.15, 0.2) is 0 Å². The van der Waals surface area contributed by atoms with E-state index in [0.29, 0.717) is 17.7 Å². The lowest BCUT2D eigenvalue weighted by Gasteiger charge is -2.05. The van der Waals surface area contributed by atoms with Crippen LogP contribution in [0.25, 0.3) is 0 Å². The molecule has 0 unspecified atom stereocenters. The Labute approximate surface area is 91.6 Å². The van der Waals surface area contributed by atoms with Crippen LogP contribution in [0.3, 0.4) is 0 Å². The predicted octanol–water partition coefficient (Wildman–Crippen LogP) is 0.579. The number of hydrogen-bond acceptors (Lipinski definition) is 4. The van der Waals surface area contributed by atoms with Crippen LogP contribution in [-0.2, 0) is 13.5 Å². The molecule has 16 heavy (non-hydrogen) atoms. The minimum atomic E-state index is -1.83. The number of aromatic hydroxyl groups is 1. The summed E-state index contributed by atoms with van der Waals surface area (Å²) in [6.07, 6.45) is -1.30. The smallest absolute Gasteiger partial charge is 0.503 e. The second-order valence-electron chi connectivity index (χ2n) is 2.98. The molecule has 1 aromatic rings. The molecule has 90 valence electrons. The molecule has 7 heteroatoms. The van der Waals surface area contributed by atoms with E-state index in [-0.39, 0.29) is 11.3 Å². The largest absolute Gasteiger partial charge is 0.505 e. The molecule has 0 saturated carbocycles. The van der Waals surface area contributed by atoms with Crippen molar-refractivity contribution in [1.82, 2.24) is 9.78 Å². The molecule has 1 rings (SSSR count). The molecule has 3 N–H and O–H groups in total. The Morgan fingerprint density at radius 1 is 1.44 bits per heavy atom. The zero-order valence-electron chi connectivity index (χ0n) is 9.26. The van der Waals surface area contributed by atoms with E-state index in [1.54, 1.807) is 14.0 Å². The van der Waals surface area contributed by atoms with Gasteiger partial charge in [0.2, 0.25) is 0 Å². The van der Waals surface area contributed by atoms with Gasteiger partial charge in [0, 0.05) is 7.05 Å². The highest BCUT2D eigenvalue weighted by Crippen LogP contribution is 2.15. The molecule has 0 bridgehead atoms. The number of carboxylic acid groups (broad SMARTS) is 2. The summed E-state index contributed by atoms with van der Waals surface area (Å²) in [4.78, 5) is 19.9. The van der Waals surface area contributed by atoms with Gasteiger partial charge in [0.1, 0.15) is 11.4 Å². The van der Waals surface area contributed by atoms with Crippen LogP contribution in [0.4, 0.5) is 4.79 Å². The number of nitrogens with zero attached hydrogens (tertiary/aromatic N) is 2. The van der Waals surface area contributed by atoms with Crippen LogP contribution in [0, 0.1) is 6.92 Å². The Balaban J connectivity index is 0.000000487. The van der Waals surface area contributed by atoms with E-state index >= 15 is 0 Å². The zero-order valence-corrected chi connectivity index (χ0v) is 9.26. The molecular formula is C9H14N2O5. The molecule has 1 heterocycles. The Morgan fingerprint density at radius 3 is 2.25 bits per heavy atom. The van der Waals surface area contributed by atoms with Gasteiger partial charge in [-0.15, -0.1) is 0 Å². The van der Waals surface area contributed by atoms with Crippen molar-refractivity contribution in [2.45, 2.75) is 20.3 Å². The second-order valence-corrected chi connectivity index (χ2v) is 2.98. The Kier molecular flexibility index (Phi) is 5.00. The molecule has 0 atom stereocenters. The fourth-order valence-electron chi connectivity index (χ4n) is 1.15. The third-order valence-corrected chi connectivity index (χ3v) is 1.83. The first-order valence-corrected chi connectivity index (χ1v) is 4.48. The van der Waals surface area contributed by atoms with Crippen molar-refractivity contribution < 1.29 is 20.1 Å². The molecule has 0 amide bonds. The van der Waals surface area contributed by atoms with Gasteiger partial charge in [0.05, 0.1) is 5.56 Å². The Morgan fingerprint density at radius 2 is 1.88 bits per heavy atom. The molecule has 0 saturated heterocycles. The van der Waals surface area contributed by atoms with Gasteiger partial charge < -0.3 is 15.3 Å². The number of rotatable bonds is 1. The summed E-state index contributed by atoms with van der Waals surface area (Å²) in [7, 11) is 1.58. The molecule has 0 aliphatic rings. The molecule has 0 aliphatic carbocycles. The molecule has 7 nitrogen and oxygen atoms in total. The maximum absolute atomic E-state index is 11.3. The summed E-state index contributed by atoms with van der Waals surface area (Å²) in [5.74, 6) is 0.0283. The quantitative estimate of drug-likeness (QED) is 0.650. The first-order valence-electron chi connectivity index (χ1n) is 4.48. The molecule has 1 aromatic heterocycles. The molecule has 0 spiro atoms. The van der Waals surface area contributed by atoms with Gasteiger partial charge in [-0.3, -0.25) is 4.79 Å². The number of aryl methyl sites for hydroxylation is 2. The van der Waals surface area contributed by atoms with Crippen molar-refractivity contribution in [2.24, 2.45) is 7.05 Å². The lowest BCUT2D eigenvalue weighted by molar-refractivity contribution is 0.137. The van der Waals surface area contributed by atoms with Crippen LogP contribution in [0.5, 0.6) is 5.75 Å². The lowest BCUT2D eigenvalue weighted by atomic mass is 10.2. The molecule has 0 aliphatic heterocycles. The minimum absolute atomic E-state index is 0.0283. The highest BCUT2D eigenvalue weighted by molar-refractivity contribution is 5.53. The summed E-state index contributed by atoms with van der Waals surface area (Å²) in [6.45, 7) is 3.50. The minimum Gasteiger partial charge on any atom is -0.505 e. The van der Waals surface area contributed by atoms with E-state index in [1.807, 2.05) is 6.92 Å². The lowest BCUT2D eigenvalue weighted by Crippen LogP contribution is -2.24. The van der Waals surface area contributed by atoms with E-state index in [2.05, 4.69) is 5.10 Å². The summed E-state index contributed by atoms with van der Waals surface area (Å²) in [6, 6.07) is 0. The number of hydrogen-bond donors (Lipinski definition) is 3. The van der Waals surface area contributed by atoms with Crippen molar-refractivity contribution in [3.63, 3.8) is 0 Å². The zero-order chi connectivity index (χ0) is 12.9. The van der Waals surface area contributed by atoms with Crippen LogP contribution in [0.2, 0.25) is 0 Å². The Hall–Kier alpha value is -2.05. The highest BCUT2D eigenvalue weighted by Gasteiger charge is 2.09. The monoisotopic (exact) mass is 230 g/mol. The van der Waals surface area contributed by atoms with Crippen LogP contribution in [-0.4, -0.2) is 31.3 Å². The third-order valence-electron chi connectivity index (χ3n) is 1.83. The summed E-state index contributed by atoms with van der Waals surface area (Å²) in [5.41, 5.74) is 0.708. The fraction of sp³-hybridized carbons (Fsp3) is 0.444. The molecule has 0 radical (unpaired) electrons. The van der Waals surface area contributed by atoms with Gasteiger partial charge in [-0.25, -0.2) is 9.48 Å². The first-order chi connectivity index (χ1) is 7.31. The van der Waals surface area contributed by atoms with Crippen molar-refractivity contribution in [1.29, 1.82) is 0 Å². The van der Waals surface area contributed by atoms with E-state index in [0.717, 1.165) is 0 Å². The van der Waals surface area contributed by atoms with Crippen molar-refractivity contribution in [3.05, 3.63) is 21.6 Å². The van der Waals surface area contributed by atoms with Gasteiger partial charge in [-0.05, 0) is 13.3 Å². The Bertz CT molecular complexity index is 434. The van der Waals surface area contributed by atoms with Gasteiger partial charge >= 0.3 is 6.16 Å². The van der Waals surface area contributed by atoms with Crippen molar-refractivity contribution in [2.75, 3.05) is 0 Å². The van der Waals surface area contributed by atoms with Crippen molar-refractivity contribution >= 4 is 6.16 Å². The maximum Gasteiger partial charge on any atom is 0.503 e. The SMILES string of the molecule is CCc1c(O)c(C)nn(C)c1=O.O=C(O)O. The summed E-state index contributed by atoms with van der Waals surface area (Å²) >= 11 is 0. The molecule has 0 fully saturated rings. The predicted molar refractivity (Wildman–Crippen MR) is 55.9 cm³/mol. The number of carbonyl (C=O) groups is 1. The average molecular weight is 230 g/mol. The standard InChI is InChI=1S/C8H12N2O2.CH2O3/c1-4-6-7(11)5(2)9-10(3)8(6)12;2-1(3)4/h11H,4H2,1-3H3;(H2,2,3,4). The van der Waals surface area contributed by atoms with Crippen LogP contribution in [0.15, 0.2) is 4.79 Å². The highest BCUT2D eigenvalue weighted by atomic mass is 16.6. The summed E-state index contributed by atoms with van der Waals surface area (Å²) in [5, 5.41) is 27.2. The van der Waals surface area contributed by atoms with Crippen LogP contribution < -0.4 is 5.56 Å². The van der Waals surface area contributed by atoms with E-state index in [1.165, 1.54) is 4.68 Å². The van der Waals surface area contributed by atoms with Crippen molar-refractivity contribution in [3.8, 4) is 5.75 Å². The maximum atomic E-state index is 11.3. The second kappa shape index (κ2) is 5.74. The van der Waals surface area contributed by atoms with E-state index in [4.69, 9.17) is 15.0 Å². The number of aromatic nitrogens is 2. The van der Waals surface area contributed by atoms with Crippen LogP contribution in [0.1, 0.15) is 18.2 Å². The fourth-order valence-corrected chi connectivity index (χ4v) is 1.15. The third kappa shape index (κ3) is 3.60. The topological polar surface area (TPSA) is 113 Å². The average Bonchev–Trinajstić information content (AvgIpc) is 2.15. The summed E-state index contributed by atoms with van der Waals surface area (Å²) < 4.78 is 1.24. The first kappa shape index (κ1) is 13.9. The molecule has 0 aromatic carbocycles.